The number of thioether (sulfide) groups is 2. The van der Waals surface area contributed by atoms with Crippen molar-refractivity contribution in [1.29, 1.82) is 0 Å². The fourth-order valence-corrected chi connectivity index (χ4v) is 8.07. The standard InChI is InChI=1S/C20H33N5OS2/c1-3-24(4-2)17(26)13-28-19-23-22-18(25(19)21)27-6-5-20-10-14-7-15(11-20)9-16(8-14)12-20/h14-16H,3-13,21H2,1-2H3. The van der Waals surface area contributed by atoms with Crippen molar-refractivity contribution >= 4 is 29.4 Å². The Balaban J connectivity index is 1.28. The average molecular weight is 424 g/mol. The van der Waals surface area contributed by atoms with Crippen LogP contribution in [0.5, 0.6) is 0 Å². The van der Waals surface area contributed by atoms with Crippen LogP contribution >= 0.6 is 23.5 Å². The monoisotopic (exact) mass is 423 g/mol. The molecule has 4 aliphatic rings. The third kappa shape index (κ3) is 4.18. The van der Waals surface area contributed by atoms with Gasteiger partial charge in [0.25, 0.3) is 0 Å². The average Bonchev–Trinajstić information content (AvgIpc) is 3.00. The summed E-state index contributed by atoms with van der Waals surface area (Å²) in [6.45, 7) is 5.46. The van der Waals surface area contributed by atoms with Crippen LogP contribution in [-0.4, -0.2) is 50.3 Å². The van der Waals surface area contributed by atoms with E-state index < -0.39 is 0 Å². The lowest BCUT2D eigenvalue weighted by molar-refractivity contribution is -0.127. The zero-order valence-corrected chi connectivity index (χ0v) is 18.7. The third-order valence-electron chi connectivity index (χ3n) is 7.10. The Bertz CT molecular complexity index is 667. The molecule has 0 unspecified atom stereocenters. The number of aromatic nitrogens is 3. The first-order valence-electron chi connectivity index (χ1n) is 10.8. The number of nitrogens with two attached hydrogens (primary N) is 1. The maximum Gasteiger partial charge on any atom is 0.233 e. The summed E-state index contributed by atoms with van der Waals surface area (Å²) in [5.74, 6) is 10.7. The van der Waals surface area contributed by atoms with E-state index in [0.717, 1.165) is 41.8 Å². The minimum Gasteiger partial charge on any atom is -0.343 e. The van der Waals surface area contributed by atoms with Crippen molar-refractivity contribution in [1.82, 2.24) is 19.8 Å². The highest BCUT2D eigenvalue weighted by atomic mass is 32.2. The molecule has 1 aromatic heterocycles. The molecule has 1 amide bonds. The Kier molecular flexibility index (Phi) is 6.16. The zero-order valence-electron chi connectivity index (χ0n) is 17.1. The fraction of sp³-hybridized carbons (Fsp3) is 0.850. The van der Waals surface area contributed by atoms with Crippen molar-refractivity contribution in [3.05, 3.63) is 0 Å². The smallest absolute Gasteiger partial charge is 0.233 e. The highest BCUT2D eigenvalue weighted by molar-refractivity contribution is 8.00. The Hall–Kier alpha value is -0.890. The van der Waals surface area contributed by atoms with Crippen molar-refractivity contribution in [2.45, 2.75) is 69.1 Å². The number of hydrogen-bond donors (Lipinski definition) is 1. The maximum atomic E-state index is 12.2. The van der Waals surface area contributed by atoms with E-state index in [1.807, 2.05) is 18.7 Å². The Labute approximate surface area is 176 Å². The predicted molar refractivity (Wildman–Crippen MR) is 115 cm³/mol. The maximum absolute atomic E-state index is 12.2. The van der Waals surface area contributed by atoms with E-state index in [1.165, 1.54) is 56.7 Å². The van der Waals surface area contributed by atoms with Crippen LogP contribution in [-0.2, 0) is 4.79 Å². The summed E-state index contributed by atoms with van der Waals surface area (Å²) < 4.78 is 1.56. The topological polar surface area (TPSA) is 77.0 Å². The molecule has 4 aliphatic carbocycles. The second-order valence-corrected chi connectivity index (χ2v) is 11.0. The molecule has 0 aliphatic heterocycles. The van der Waals surface area contributed by atoms with Gasteiger partial charge >= 0.3 is 0 Å². The normalized spacial score (nSPS) is 30.7. The van der Waals surface area contributed by atoms with Crippen molar-refractivity contribution < 1.29 is 4.79 Å². The highest BCUT2D eigenvalue weighted by Crippen LogP contribution is 2.61. The van der Waals surface area contributed by atoms with Gasteiger partial charge in [-0.1, -0.05) is 23.5 Å². The quantitative estimate of drug-likeness (QED) is 0.482. The third-order valence-corrected chi connectivity index (χ3v) is 8.98. The molecule has 4 fully saturated rings. The van der Waals surface area contributed by atoms with E-state index in [2.05, 4.69) is 10.2 Å². The zero-order chi connectivity index (χ0) is 19.7. The number of nitrogens with zero attached hydrogens (tertiary/aromatic N) is 4. The van der Waals surface area contributed by atoms with Crippen LogP contribution in [0, 0.1) is 23.2 Å². The molecule has 0 atom stereocenters. The summed E-state index contributed by atoms with van der Waals surface area (Å²) in [6, 6.07) is 0. The number of amides is 1. The van der Waals surface area contributed by atoms with Crippen LogP contribution in [0.4, 0.5) is 0 Å². The molecule has 0 aromatic carbocycles. The van der Waals surface area contributed by atoms with Crippen LogP contribution in [0.25, 0.3) is 0 Å². The summed E-state index contributed by atoms with van der Waals surface area (Å²) in [4.78, 5) is 14.0. The molecular weight excluding hydrogens is 390 g/mol. The molecule has 156 valence electrons. The summed E-state index contributed by atoms with van der Waals surface area (Å²) >= 11 is 3.10. The van der Waals surface area contributed by atoms with E-state index in [1.54, 1.807) is 16.4 Å². The second-order valence-electron chi connectivity index (χ2n) is 9.01. The molecule has 4 bridgehead atoms. The largest absolute Gasteiger partial charge is 0.343 e. The van der Waals surface area contributed by atoms with Gasteiger partial charge in [-0.15, -0.1) is 10.2 Å². The number of rotatable bonds is 9. The molecule has 0 spiro atoms. The van der Waals surface area contributed by atoms with E-state index in [0.29, 0.717) is 16.3 Å². The summed E-state index contributed by atoms with van der Waals surface area (Å²) in [5.41, 5.74) is 0.592. The van der Waals surface area contributed by atoms with Gasteiger partial charge < -0.3 is 10.7 Å². The number of hydrogen-bond acceptors (Lipinski definition) is 6. The van der Waals surface area contributed by atoms with Crippen LogP contribution in [0.15, 0.2) is 10.3 Å². The minimum atomic E-state index is 0.119. The first-order valence-corrected chi connectivity index (χ1v) is 12.7. The van der Waals surface area contributed by atoms with Gasteiger partial charge in [0, 0.05) is 18.8 Å². The van der Waals surface area contributed by atoms with Crippen LogP contribution in [0.1, 0.15) is 58.8 Å². The van der Waals surface area contributed by atoms with E-state index in [-0.39, 0.29) is 5.91 Å². The molecule has 28 heavy (non-hydrogen) atoms. The lowest BCUT2D eigenvalue weighted by Crippen LogP contribution is -2.46. The first-order chi connectivity index (χ1) is 13.5. The SMILES string of the molecule is CCN(CC)C(=O)CSc1nnc(SCCC23CC4CC(CC(C4)C2)C3)n1N. The van der Waals surface area contributed by atoms with Gasteiger partial charge in [-0.05, 0) is 82.0 Å². The molecule has 2 N–H and O–H groups in total. The molecule has 0 saturated heterocycles. The van der Waals surface area contributed by atoms with Gasteiger partial charge in [0.2, 0.25) is 16.2 Å². The van der Waals surface area contributed by atoms with Crippen molar-refractivity contribution in [2.24, 2.45) is 23.2 Å². The molecule has 8 heteroatoms. The number of nitrogen functional groups attached to an aromatic ring is 1. The van der Waals surface area contributed by atoms with Crippen LogP contribution in [0.3, 0.4) is 0 Å². The number of carbonyl (C=O) groups is 1. The molecular formula is C20H33N5OS2. The second kappa shape index (κ2) is 8.46. The van der Waals surface area contributed by atoms with Crippen LogP contribution < -0.4 is 5.84 Å². The van der Waals surface area contributed by atoms with E-state index in [4.69, 9.17) is 5.84 Å². The van der Waals surface area contributed by atoms with Crippen molar-refractivity contribution in [3.63, 3.8) is 0 Å². The molecule has 1 heterocycles. The van der Waals surface area contributed by atoms with Crippen LogP contribution in [0.2, 0.25) is 0 Å². The van der Waals surface area contributed by atoms with Crippen molar-refractivity contribution in [2.75, 3.05) is 30.4 Å². The molecule has 4 saturated carbocycles. The van der Waals surface area contributed by atoms with Gasteiger partial charge in [-0.3, -0.25) is 4.79 Å². The first kappa shape index (κ1) is 20.4. The molecule has 0 radical (unpaired) electrons. The molecule has 1 aromatic rings. The van der Waals surface area contributed by atoms with Gasteiger partial charge in [0.1, 0.15) is 0 Å². The van der Waals surface area contributed by atoms with Gasteiger partial charge in [-0.2, -0.15) is 0 Å². The summed E-state index contributed by atoms with van der Waals surface area (Å²) in [7, 11) is 0. The Morgan fingerprint density at radius 1 is 1.07 bits per heavy atom. The Morgan fingerprint density at radius 2 is 1.61 bits per heavy atom. The van der Waals surface area contributed by atoms with Gasteiger partial charge in [-0.25, -0.2) is 4.68 Å². The summed E-state index contributed by atoms with van der Waals surface area (Å²) in [6.07, 6.45) is 10.1. The predicted octanol–water partition coefficient (Wildman–Crippen LogP) is 3.65. The number of carbonyl (C=O) groups excluding carboxylic acids is 1. The lowest BCUT2D eigenvalue weighted by Gasteiger charge is -2.57. The molecule has 6 nitrogen and oxygen atoms in total. The van der Waals surface area contributed by atoms with Crippen molar-refractivity contribution in [3.8, 4) is 0 Å². The Morgan fingerprint density at radius 3 is 2.14 bits per heavy atom. The van der Waals surface area contributed by atoms with E-state index >= 15 is 0 Å². The van der Waals surface area contributed by atoms with E-state index in [9.17, 15) is 4.79 Å². The highest BCUT2D eigenvalue weighted by Gasteiger charge is 2.50. The molecule has 5 rings (SSSR count). The fourth-order valence-electron chi connectivity index (χ4n) is 6.21. The van der Waals surface area contributed by atoms with Gasteiger partial charge in [0.15, 0.2) is 0 Å². The lowest BCUT2D eigenvalue weighted by atomic mass is 9.49. The van der Waals surface area contributed by atoms with Gasteiger partial charge in [0.05, 0.1) is 5.75 Å². The summed E-state index contributed by atoms with van der Waals surface area (Å²) in [5, 5.41) is 9.86. The minimum absolute atomic E-state index is 0.119.